The first kappa shape index (κ1) is 22.9. The standard InChI is InChI=1S/C27H26BrNO4/c1-31-22-10-7-18(8-11-22)9-12-24-23-17-26(33-3)25(32-2)16-19(23)13-14-29(24)27(30)20-5-4-6-21(28)15-20/h4-12,15-17,24H,13-14H2,1-3H3/b12-9+. The van der Waals surface area contributed by atoms with Crippen molar-refractivity contribution in [1.82, 2.24) is 4.90 Å². The SMILES string of the molecule is COc1ccc(/C=C/C2c3cc(OC)c(OC)cc3CCN2C(=O)c2cccc(Br)c2)cc1. The lowest BCUT2D eigenvalue weighted by Gasteiger charge is -2.36. The minimum Gasteiger partial charge on any atom is -0.497 e. The van der Waals surface area contributed by atoms with Crippen molar-refractivity contribution in [2.45, 2.75) is 12.5 Å². The maximum atomic E-state index is 13.5. The van der Waals surface area contributed by atoms with E-state index in [1.165, 1.54) is 0 Å². The van der Waals surface area contributed by atoms with Crippen LogP contribution < -0.4 is 14.2 Å². The summed E-state index contributed by atoms with van der Waals surface area (Å²) in [7, 11) is 4.91. The molecule has 3 aromatic carbocycles. The summed E-state index contributed by atoms with van der Waals surface area (Å²) < 4.78 is 17.2. The number of halogens is 1. The largest absolute Gasteiger partial charge is 0.497 e. The van der Waals surface area contributed by atoms with Crippen molar-refractivity contribution in [2.24, 2.45) is 0 Å². The van der Waals surface area contributed by atoms with E-state index in [1.54, 1.807) is 21.3 Å². The highest BCUT2D eigenvalue weighted by atomic mass is 79.9. The lowest BCUT2D eigenvalue weighted by atomic mass is 9.90. The molecular formula is C27H26BrNO4. The molecule has 1 aliphatic rings. The van der Waals surface area contributed by atoms with Crippen LogP contribution in [0, 0.1) is 0 Å². The zero-order valence-corrected chi connectivity index (χ0v) is 20.5. The molecule has 1 atom stereocenters. The number of fused-ring (bicyclic) bond motifs is 1. The molecule has 0 bridgehead atoms. The van der Waals surface area contributed by atoms with Crippen LogP contribution >= 0.6 is 15.9 Å². The zero-order valence-electron chi connectivity index (χ0n) is 18.9. The predicted molar refractivity (Wildman–Crippen MR) is 133 cm³/mol. The van der Waals surface area contributed by atoms with E-state index in [-0.39, 0.29) is 11.9 Å². The summed E-state index contributed by atoms with van der Waals surface area (Å²) in [5, 5.41) is 0. The molecule has 170 valence electrons. The highest BCUT2D eigenvalue weighted by molar-refractivity contribution is 9.10. The molecule has 6 heteroatoms. The van der Waals surface area contributed by atoms with Crippen molar-refractivity contribution < 1.29 is 19.0 Å². The Balaban J connectivity index is 1.76. The second kappa shape index (κ2) is 10.1. The topological polar surface area (TPSA) is 48.0 Å². The molecule has 1 amide bonds. The number of amides is 1. The molecule has 1 aliphatic heterocycles. The molecule has 4 rings (SSSR count). The molecule has 0 aliphatic carbocycles. The first-order valence-electron chi connectivity index (χ1n) is 10.7. The van der Waals surface area contributed by atoms with Crippen LogP contribution in [0.1, 0.15) is 33.1 Å². The van der Waals surface area contributed by atoms with Gasteiger partial charge in [-0.2, -0.15) is 0 Å². The summed E-state index contributed by atoms with van der Waals surface area (Å²) in [6.07, 6.45) is 4.85. The molecule has 0 saturated carbocycles. The van der Waals surface area contributed by atoms with Crippen LogP contribution in [0.5, 0.6) is 17.2 Å². The number of hydrogen-bond acceptors (Lipinski definition) is 4. The average molecular weight is 508 g/mol. The fraction of sp³-hybridized carbons (Fsp3) is 0.222. The number of carbonyl (C=O) groups is 1. The van der Waals surface area contributed by atoms with Gasteiger partial charge in [-0.1, -0.05) is 46.3 Å². The molecule has 0 spiro atoms. The Morgan fingerprint density at radius 2 is 1.70 bits per heavy atom. The summed E-state index contributed by atoms with van der Waals surface area (Å²) in [4.78, 5) is 15.5. The molecule has 0 radical (unpaired) electrons. The normalized spacial score (nSPS) is 15.3. The van der Waals surface area contributed by atoms with Crippen LogP contribution in [0.25, 0.3) is 6.08 Å². The molecule has 5 nitrogen and oxygen atoms in total. The van der Waals surface area contributed by atoms with Crippen LogP contribution in [0.2, 0.25) is 0 Å². The minimum absolute atomic E-state index is 0.0129. The third-order valence-electron chi connectivity index (χ3n) is 5.84. The Hall–Kier alpha value is -3.25. The lowest BCUT2D eigenvalue weighted by molar-refractivity contribution is 0.0700. The van der Waals surface area contributed by atoms with Crippen molar-refractivity contribution in [3.8, 4) is 17.2 Å². The van der Waals surface area contributed by atoms with Crippen LogP contribution in [-0.2, 0) is 6.42 Å². The van der Waals surface area contributed by atoms with E-state index in [9.17, 15) is 4.79 Å². The quantitative estimate of drug-likeness (QED) is 0.414. The smallest absolute Gasteiger partial charge is 0.254 e. The number of benzene rings is 3. The van der Waals surface area contributed by atoms with Crippen molar-refractivity contribution in [2.75, 3.05) is 27.9 Å². The molecule has 1 heterocycles. The minimum atomic E-state index is -0.248. The summed E-state index contributed by atoms with van der Waals surface area (Å²) in [6, 6.07) is 19.1. The van der Waals surface area contributed by atoms with Crippen LogP contribution in [0.3, 0.4) is 0 Å². The van der Waals surface area contributed by atoms with Gasteiger partial charge in [-0.05, 0) is 65.6 Å². The highest BCUT2D eigenvalue weighted by Gasteiger charge is 2.31. The third-order valence-corrected chi connectivity index (χ3v) is 6.33. The van der Waals surface area contributed by atoms with Gasteiger partial charge in [0.25, 0.3) is 5.91 Å². The number of rotatable bonds is 6. The summed E-state index contributed by atoms with van der Waals surface area (Å²) in [5.41, 5.74) is 3.86. The molecule has 0 N–H and O–H groups in total. The van der Waals surface area contributed by atoms with Crippen molar-refractivity contribution >= 4 is 27.9 Å². The number of ether oxygens (including phenoxy) is 3. The van der Waals surface area contributed by atoms with Gasteiger partial charge in [-0.3, -0.25) is 4.79 Å². The maximum absolute atomic E-state index is 13.5. The Labute approximate surface area is 202 Å². The third kappa shape index (κ3) is 4.91. The first-order valence-corrected chi connectivity index (χ1v) is 11.5. The maximum Gasteiger partial charge on any atom is 0.254 e. The Morgan fingerprint density at radius 1 is 0.970 bits per heavy atom. The molecule has 0 aromatic heterocycles. The Bertz CT molecular complexity index is 1170. The van der Waals surface area contributed by atoms with Gasteiger partial charge in [0.2, 0.25) is 0 Å². The lowest BCUT2D eigenvalue weighted by Crippen LogP contribution is -2.39. The molecule has 33 heavy (non-hydrogen) atoms. The molecule has 3 aromatic rings. The molecule has 0 fully saturated rings. The summed E-state index contributed by atoms with van der Waals surface area (Å²) in [6.45, 7) is 0.603. The van der Waals surface area contributed by atoms with Gasteiger partial charge in [-0.15, -0.1) is 0 Å². The van der Waals surface area contributed by atoms with Crippen molar-refractivity contribution in [3.05, 3.63) is 93.5 Å². The van der Waals surface area contributed by atoms with Gasteiger partial charge < -0.3 is 19.1 Å². The highest BCUT2D eigenvalue weighted by Crippen LogP contribution is 2.39. The number of nitrogens with zero attached hydrogens (tertiary/aromatic N) is 1. The van der Waals surface area contributed by atoms with Gasteiger partial charge in [0, 0.05) is 16.6 Å². The average Bonchev–Trinajstić information content (AvgIpc) is 2.86. The first-order chi connectivity index (χ1) is 16.0. The summed E-state index contributed by atoms with van der Waals surface area (Å²) in [5.74, 6) is 2.14. The van der Waals surface area contributed by atoms with E-state index in [4.69, 9.17) is 14.2 Å². The van der Waals surface area contributed by atoms with Crippen LogP contribution in [0.4, 0.5) is 0 Å². The van der Waals surface area contributed by atoms with Gasteiger partial charge >= 0.3 is 0 Å². The van der Waals surface area contributed by atoms with Crippen LogP contribution in [0.15, 0.2) is 71.2 Å². The number of hydrogen-bond donors (Lipinski definition) is 0. The second-order valence-electron chi connectivity index (χ2n) is 7.74. The van der Waals surface area contributed by atoms with Gasteiger partial charge in [0.05, 0.1) is 27.4 Å². The molecule has 0 saturated heterocycles. The van der Waals surface area contributed by atoms with Crippen molar-refractivity contribution in [1.29, 1.82) is 0 Å². The number of carbonyl (C=O) groups excluding carboxylic acids is 1. The van der Waals surface area contributed by atoms with E-state index < -0.39 is 0 Å². The van der Waals surface area contributed by atoms with Gasteiger partial charge in [0.15, 0.2) is 11.5 Å². The van der Waals surface area contributed by atoms with Gasteiger partial charge in [-0.25, -0.2) is 0 Å². The van der Waals surface area contributed by atoms with E-state index in [0.717, 1.165) is 33.3 Å². The monoisotopic (exact) mass is 507 g/mol. The Kier molecular flexibility index (Phi) is 7.04. The van der Waals surface area contributed by atoms with E-state index in [2.05, 4.69) is 22.0 Å². The van der Waals surface area contributed by atoms with E-state index in [0.29, 0.717) is 23.6 Å². The number of methoxy groups -OCH3 is 3. The van der Waals surface area contributed by atoms with E-state index in [1.807, 2.05) is 71.6 Å². The van der Waals surface area contributed by atoms with Crippen LogP contribution in [-0.4, -0.2) is 38.7 Å². The van der Waals surface area contributed by atoms with Crippen molar-refractivity contribution in [3.63, 3.8) is 0 Å². The zero-order chi connectivity index (χ0) is 23.4. The summed E-state index contributed by atoms with van der Waals surface area (Å²) >= 11 is 3.48. The predicted octanol–water partition coefficient (Wildman–Crippen LogP) is 5.93. The fourth-order valence-electron chi connectivity index (χ4n) is 4.12. The van der Waals surface area contributed by atoms with Gasteiger partial charge in [0.1, 0.15) is 5.75 Å². The van der Waals surface area contributed by atoms with E-state index >= 15 is 0 Å². The second-order valence-corrected chi connectivity index (χ2v) is 8.66. The molecule has 1 unspecified atom stereocenters. The Morgan fingerprint density at radius 3 is 2.36 bits per heavy atom. The molecular weight excluding hydrogens is 482 g/mol. The fourth-order valence-corrected chi connectivity index (χ4v) is 4.52.